The summed E-state index contributed by atoms with van der Waals surface area (Å²) >= 11 is 0. The van der Waals surface area contributed by atoms with Crippen molar-refractivity contribution in [1.29, 1.82) is 5.26 Å². The first-order valence-electron chi connectivity index (χ1n) is 5.85. The molecule has 0 unspecified atom stereocenters. The van der Waals surface area contributed by atoms with Crippen LogP contribution in [0, 0.1) is 31.0 Å². The Hall–Kier alpha value is -2.14. The maximum Gasteiger partial charge on any atom is 0.133 e. The van der Waals surface area contributed by atoms with Crippen LogP contribution in [0.15, 0.2) is 36.4 Å². The molecule has 0 aliphatic carbocycles. The second-order valence-electron chi connectivity index (χ2n) is 4.42. The van der Waals surface area contributed by atoms with E-state index in [0.717, 1.165) is 16.7 Å². The lowest BCUT2D eigenvalue weighted by Gasteiger charge is -2.10. The van der Waals surface area contributed by atoms with Gasteiger partial charge in [0.25, 0.3) is 0 Å². The van der Waals surface area contributed by atoms with Crippen LogP contribution in [0.25, 0.3) is 11.1 Å². The van der Waals surface area contributed by atoms with Crippen molar-refractivity contribution in [2.24, 2.45) is 0 Å². The highest BCUT2D eigenvalue weighted by Crippen LogP contribution is 2.28. The largest absolute Gasteiger partial charge is 0.206 e. The number of nitriles is 1. The first-order chi connectivity index (χ1) is 8.63. The fourth-order valence-electron chi connectivity index (χ4n) is 2.08. The van der Waals surface area contributed by atoms with Crippen molar-refractivity contribution in [3.8, 4) is 17.2 Å². The third-order valence-electron chi connectivity index (χ3n) is 3.06. The molecule has 0 spiro atoms. The Morgan fingerprint density at radius 3 is 2.50 bits per heavy atom. The van der Waals surface area contributed by atoms with E-state index in [9.17, 15) is 4.39 Å². The Morgan fingerprint density at radius 1 is 1.06 bits per heavy atom. The van der Waals surface area contributed by atoms with Gasteiger partial charge >= 0.3 is 0 Å². The normalized spacial score (nSPS) is 10.1. The molecule has 2 aromatic carbocycles. The van der Waals surface area contributed by atoms with Gasteiger partial charge < -0.3 is 0 Å². The van der Waals surface area contributed by atoms with E-state index in [4.69, 9.17) is 5.26 Å². The first-order valence-corrected chi connectivity index (χ1v) is 5.85. The van der Waals surface area contributed by atoms with E-state index in [1.807, 2.05) is 31.2 Å². The summed E-state index contributed by atoms with van der Waals surface area (Å²) in [5.41, 5.74) is 4.11. The highest BCUT2D eigenvalue weighted by molar-refractivity contribution is 5.69. The molecule has 0 amide bonds. The number of hydrogen-bond acceptors (Lipinski definition) is 1. The monoisotopic (exact) mass is 239 g/mol. The Labute approximate surface area is 107 Å². The molecule has 0 saturated carbocycles. The quantitative estimate of drug-likeness (QED) is 0.771. The third kappa shape index (κ3) is 2.26. The van der Waals surface area contributed by atoms with Gasteiger partial charge in [-0.3, -0.25) is 0 Å². The van der Waals surface area contributed by atoms with E-state index in [1.165, 1.54) is 0 Å². The molecule has 0 saturated heterocycles. The van der Waals surface area contributed by atoms with Gasteiger partial charge in [-0.05, 0) is 36.1 Å². The zero-order valence-electron chi connectivity index (χ0n) is 10.5. The maximum atomic E-state index is 14.1. The van der Waals surface area contributed by atoms with Gasteiger partial charge in [-0.25, -0.2) is 4.39 Å². The average Bonchev–Trinajstić information content (AvgIpc) is 2.34. The van der Waals surface area contributed by atoms with E-state index in [2.05, 4.69) is 6.07 Å². The number of benzene rings is 2. The number of nitrogens with zero attached hydrogens (tertiary/aromatic N) is 1. The molecule has 2 rings (SSSR count). The predicted octanol–water partition coefficient (Wildman–Crippen LogP) is 4.18. The molecule has 0 aromatic heterocycles. The minimum Gasteiger partial charge on any atom is -0.206 e. The summed E-state index contributed by atoms with van der Waals surface area (Å²) in [5, 5.41) is 8.67. The molecule has 0 heterocycles. The van der Waals surface area contributed by atoms with Gasteiger partial charge in [-0.1, -0.05) is 36.4 Å². The van der Waals surface area contributed by atoms with Crippen LogP contribution in [0.2, 0.25) is 0 Å². The van der Waals surface area contributed by atoms with Crippen molar-refractivity contribution in [3.63, 3.8) is 0 Å². The van der Waals surface area contributed by atoms with Crippen LogP contribution >= 0.6 is 0 Å². The predicted molar refractivity (Wildman–Crippen MR) is 70.6 cm³/mol. The SMILES string of the molecule is Cc1cc(CC#N)ccc1-c1cccc(C)c1F. The minimum absolute atomic E-state index is 0.173. The summed E-state index contributed by atoms with van der Waals surface area (Å²) in [4.78, 5) is 0. The zero-order chi connectivity index (χ0) is 13.1. The van der Waals surface area contributed by atoms with Gasteiger partial charge in [-0.15, -0.1) is 0 Å². The van der Waals surface area contributed by atoms with Gasteiger partial charge in [0.15, 0.2) is 0 Å². The average molecular weight is 239 g/mol. The maximum absolute atomic E-state index is 14.1. The van der Waals surface area contributed by atoms with Crippen molar-refractivity contribution in [2.45, 2.75) is 20.3 Å². The topological polar surface area (TPSA) is 23.8 Å². The van der Waals surface area contributed by atoms with Crippen LogP contribution in [0.5, 0.6) is 0 Å². The lowest BCUT2D eigenvalue weighted by molar-refractivity contribution is 0.622. The van der Waals surface area contributed by atoms with Crippen LogP contribution in [0.3, 0.4) is 0 Å². The summed E-state index contributed by atoms with van der Waals surface area (Å²) in [6.45, 7) is 3.70. The van der Waals surface area contributed by atoms with Crippen molar-refractivity contribution in [3.05, 3.63) is 58.9 Å². The van der Waals surface area contributed by atoms with Crippen molar-refractivity contribution >= 4 is 0 Å². The highest BCUT2D eigenvalue weighted by atomic mass is 19.1. The number of rotatable bonds is 2. The lowest BCUT2D eigenvalue weighted by Crippen LogP contribution is -1.92. The number of aryl methyl sites for hydroxylation is 2. The smallest absolute Gasteiger partial charge is 0.133 e. The molecule has 1 nitrogen and oxygen atoms in total. The Balaban J connectivity index is 2.52. The van der Waals surface area contributed by atoms with E-state index in [1.54, 1.807) is 19.1 Å². The second kappa shape index (κ2) is 5.01. The Morgan fingerprint density at radius 2 is 1.83 bits per heavy atom. The Bertz CT molecular complexity index is 623. The van der Waals surface area contributed by atoms with Gasteiger partial charge in [0, 0.05) is 5.56 Å². The van der Waals surface area contributed by atoms with Gasteiger partial charge in [-0.2, -0.15) is 5.26 Å². The number of halogens is 1. The summed E-state index contributed by atoms with van der Waals surface area (Å²) in [6.07, 6.45) is 0.386. The van der Waals surface area contributed by atoms with Gasteiger partial charge in [0.1, 0.15) is 5.82 Å². The van der Waals surface area contributed by atoms with Gasteiger partial charge in [0.05, 0.1) is 12.5 Å². The number of hydrogen-bond donors (Lipinski definition) is 0. The van der Waals surface area contributed by atoms with E-state index in [0.29, 0.717) is 17.5 Å². The molecule has 0 atom stereocenters. The third-order valence-corrected chi connectivity index (χ3v) is 3.06. The van der Waals surface area contributed by atoms with Crippen molar-refractivity contribution in [1.82, 2.24) is 0 Å². The summed E-state index contributed by atoms with van der Waals surface area (Å²) < 4.78 is 14.1. The molecule has 2 heteroatoms. The summed E-state index contributed by atoms with van der Waals surface area (Å²) in [5.74, 6) is -0.173. The molecule has 0 N–H and O–H groups in total. The van der Waals surface area contributed by atoms with Crippen molar-refractivity contribution < 1.29 is 4.39 Å². The fourth-order valence-corrected chi connectivity index (χ4v) is 2.08. The van der Waals surface area contributed by atoms with Crippen LogP contribution in [-0.4, -0.2) is 0 Å². The van der Waals surface area contributed by atoms with Crippen LogP contribution in [0.1, 0.15) is 16.7 Å². The lowest BCUT2D eigenvalue weighted by atomic mass is 9.96. The van der Waals surface area contributed by atoms with Gasteiger partial charge in [0.2, 0.25) is 0 Å². The molecular weight excluding hydrogens is 225 g/mol. The van der Waals surface area contributed by atoms with E-state index >= 15 is 0 Å². The summed E-state index contributed by atoms with van der Waals surface area (Å²) in [7, 11) is 0. The standard InChI is InChI=1S/C16H14FN/c1-11-4-3-5-15(16(11)17)14-7-6-13(8-9-18)10-12(14)2/h3-7,10H,8H2,1-2H3. The van der Waals surface area contributed by atoms with Crippen LogP contribution in [0.4, 0.5) is 4.39 Å². The first kappa shape index (κ1) is 12.3. The van der Waals surface area contributed by atoms with Crippen LogP contribution < -0.4 is 0 Å². The van der Waals surface area contributed by atoms with Crippen molar-refractivity contribution in [2.75, 3.05) is 0 Å². The Kier molecular flexibility index (Phi) is 3.43. The molecule has 0 radical (unpaired) electrons. The van der Waals surface area contributed by atoms with E-state index in [-0.39, 0.29) is 5.82 Å². The minimum atomic E-state index is -0.173. The molecule has 0 fully saturated rings. The molecule has 18 heavy (non-hydrogen) atoms. The molecule has 0 bridgehead atoms. The summed E-state index contributed by atoms with van der Waals surface area (Å²) in [6, 6.07) is 13.2. The molecule has 90 valence electrons. The fraction of sp³-hybridized carbons (Fsp3) is 0.188. The molecular formula is C16H14FN. The molecule has 0 aliphatic rings. The van der Waals surface area contributed by atoms with Crippen LogP contribution in [-0.2, 0) is 6.42 Å². The second-order valence-corrected chi connectivity index (χ2v) is 4.42. The van der Waals surface area contributed by atoms with E-state index < -0.39 is 0 Å². The molecule has 2 aromatic rings. The zero-order valence-corrected chi connectivity index (χ0v) is 10.5. The molecule has 0 aliphatic heterocycles. The highest BCUT2D eigenvalue weighted by Gasteiger charge is 2.09.